The van der Waals surface area contributed by atoms with Gasteiger partial charge in [-0.2, -0.15) is 0 Å². The highest BCUT2D eigenvalue weighted by atomic mass is 16.3. The summed E-state index contributed by atoms with van der Waals surface area (Å²) in [4.78, 5) is 0. The molecular weight excluding hydrogens is 136 g/mol. The molecule has 0 amide bonds. The van der Waals surface area contributed by atoms with Crippen LogP contribution in [-0.4, -0.2) is 11.7 Å². The maximum Gasteiger partial charge on any atom is 0.0466 e. The molecule has 0 saturated heterocycles. The first kappa shape index (κ1) is 9.05. The molecule has 11 heavy (non-hydrogen) atoms. The van der Waals surface area contributed by atoms with Crippen LogP contribution in [0.4, 0.5) is 0 Å². The Hall–Kier alpha value is -0.0400. The van der Waals surface area contributed by atoms with Crippen molar-refractivity contribution in [3.8, 4) is 0 Å². The average Bonchev–Trinajstić information content (AvgIpc) is 1.86. The van der Waals surface area contributed by atoms with Gasteiger partial charge in [0.15, 0.2) is 0 Å². The summed E-state index contributed by atoms with van der Waals surface area (Å²) in [6, 6.07) is 0. The number of aliphatic hydroxyl groups excluding tert-OH is 1. The third kappa shape index (κ3) is 1.76. The second-order valence-corrected chi connectivity index (χ2v) is 4.65. The van der Waals surface area contributed by atoms with E-state index in [-0.39, 0.29) is 0 Å². The first-order valence-corrected chi connectivity index (χ1v) is 4.69. The van der Waals surface area contributed by atoms with Crippen LogP contribution in [0.25, 0.3) is 0 Å². The van der Waals surface area contributed by atoms with Crippen molar-refractivity contribution in [3.05, 3.63) is 0 Å². The van der Waals surface area contributed by atoms with E-state index in [1.807, 2.05) is 0 Å². The normalized spacial score (nSPS) is 37.1. The zero-order valence-electron chi connectivity index (χ0n) is 7.93. The van der Waals surface area contributed by atoms with Crippen LogP contribution in [0.5, 0.6) is 0 Å². The monoisotopic (exact) mass is 156 g/mol. The molecule has 0 aromatic heterocycles. The smallest absolute Gasteiger partial charge is 0.0466 e. The summed E-state index contributed by atoms with van der Waals surface area (Å²) < 4.78 is 0. The summed E-state index contributed by atoms with van der Waals surface area (Å²) in [6.45, 7) is 7.20. The van der Waals surface area contributed by atoms with Gasteiger partial charge in [-0.15, -0.1) is 0 Å². The minimum atomic E-state index is 0.367. The molecule has 1 unspecified atom stereocenters. The zero-order chi connectivity index (χ0) is 8.48. The lowest BCUT2D eigenvalue weighted by atomic mass is 9.64. The van der Waals surface area contributed by atoms with Crippen molar-refractivity contribution in [1.82, 2.24) is 0 Å². The predicted molar refractivity (Wildman–Crippen MR) is 47.4 cm³/mol. The lowest BCUT2D eigenvalue weighted by Crippen LogP contribution is -2.35. The van der Waals surface area contributed by atoms with Gasteiger partial charge in [-0.3, -0.25) is 0 Å². The standard InChI is InChI=1S/C10H20O/c1-8-5-4-6-10(2,3)9(8)7-11/h8-9,11H,4-7H2,1-3H3/t8-,9?/m1/s1. The quantitative estimate of drug-likeness (QED) is 0.618. The first-order valence-electron chi connectivity index (χ1n) is 4.69. The minimum Gasteiger partial charge on any atom is -0.396 e. The fraction of sp³-hybridized carbons (Fsp3) is 1.00. The maximum atomic E-state index is 9.20. The van der Waals surface area contributed by atoms with Crippen LogP contribution in [-0.2, 0) is 0 Å². The van der Waals surface area contributed by atoms with Crippen LogP contribution in [0.15, 0.2) is 0 Å². The largest absolute Gasteiger partial charge is 0.396 e. The van der Waals surface area contributed by atoms with Gasteiger partial charge in [-0.1, -0.05) is 33.6 Å². The summed E-state index contributed by atoms with van der Waals surface area (Å²) in [5, 5.41) is 9.20. The third-order valence-corrected chi connectivity index (χ3v) is 3.37. The molecule has 1 heteroatoms. The molecule has 1 fully saturated rings. The van der Waals surface area contributed by atoms with Gasteiger partial charge in [0.05, 0.1) is 0 Å². The molecular formula is C10H20O. The molecule has 0 radical (unpaired) electrons. The van der Waals surface area contributed by atoms with E-state index in [2.05, 4.69) is 20.8 Å². The Morgan fingerprint density at radius 3 is 2.45 bits per heavy atom. The summed E-state index contributed by atoms with van der Waals surface area (Å²) in [7, 11) is 0. The highest BCUT2D eigenvalue weighted by Gasteiger charge is 2.35. The van der Waals surface area contributed by atoms with Gasteiger partial charge >= 0.3 is 0 Å². The van der Waals surface area contributed by atoms with Gasteiger partial charge in [-0.05, 0) is 23.7 Å². The second-order valence-electron chi connectivity index (χ2n) is 4.65. The van der Waals surface area contributed by atoms with Crippen molar-refractivity contribution in [2.45, 2.75) is 40.0 Å². The van der Waals surface area contributed by atoms with Crippen molar-refractivity contribution in [3.63, 3.8) is 0 Å². The van der Waals surface area contributed by atoms with Crippen molar-refractivity contribution in [2.75, 3.05) is 6.61 Å². The highest BCUT2D eigenvalue weighted by Crippen LogP contribution is 2.43. The Bertz CT molecular complexity index is 129. The van der Waals surface area contributed by atoms with Crippen LogP contribution >= 0.6 is 0 Å². The lowest BCUT2D eigenvalue weighted by Gasteiger charge is -2.41. The molecule has 66 valence electrons. The van der Waals surface area contributed by atoms with Crippen LogP contribution in [0.2, 0.25) is 0 Å². The molecule has 1 saturated carbocycles. The van der Waals surface area contributed by atoms with E-state index in [0.29, 0.717) is 23.9 Å². The SMILES string of the molecule is C[C@@H]1CCCC(C)(C)C1CO. The molecule has 1 N–H and O–H groups in total. The molecule has 2 atom stereocenters. The van der Waals surface area contributed by atoms with E-state index in [1.54, 1.807) is 0 Å². The number of hydrogen-bond acceptors (Lipinski definition) is 1. The molecule has 0 aromatic carbocycles. The van der Waals surface area contributed by atoms with Crippen LogP contribution in [0.3, 0.4) is 0 Å². The Balaban J connectivity index is 2.64. The Morgan fingerprint density at radius 2 is 2.09 bits per heavy atom. The van der Waals surface area contributed by atoms with Gasteiger partial charge in [0.1, 0.15) is 0 Å². The molecule has 0 aliphatic heterocycles. The van der Waals surface area contributed by atoms with Crippen LogP contribution in [0.1, 0.15) is 40.0 Å². The molecule has 1 aliphatic carbocycles. The van der Waals surface area contributed by atoms with Gasteiger partial charge in [0.2, 0.25) is 0 Å². The van der Waals surface area contributed by atoms with Crippen LogP contribution in [0, 0.1) is 17.3 Å². The number of rotatable bonds is 1. The topological polar surface area (TPSA) is 20.2 Å². The molecule has 1 nitrogen and oxygen atoms in total. The summed E-state index contributed by atoms with van der Waals surface area (Å²) in [5.41, 5.74) is 0.367. The maximum absolute atomic E-state index is 9.20. The Morgan fingerprint density at radius 1 is 1.45 bits per heavy atom. The number of hydrogen-bond donors (Lipinski definition) is 1. The molecule has 0 spiro atoms. The molecule has 0 heterocycles. The first-order chi connectivity index (χ1) is 5.08. The minimum absolute atomic E-state index is 0.367. The average molecular weight is 156 g/mol. The molecule has 1 aliphatic rings. The van der Waals surface area contributed by atoms with E-state index in [4.69, 9.17) is 0 Å². The lowest BCUT2D eigenvalue weighted by molar-refractivity contribution is 0.0324. The third-order valence-electron chi connectivity index (χ3n) is 3.37. The van der Waals surface area contributed by atoms with Gasteiger partial charge < -0.3 is 5.11 Å². The summed E-state index contributed by atoms with van der Waals surface area (Å²) in [5.74, 6) is 1.24. The van der Waals surface area contributed by atoms with Crippen LogP contribution < -0.4 is 0 Å². The van der Waals surface area contributed by atoms with E-state index in [9.17, 15) is 5.11 Å². The van der Waals surface area contributed by atoms with E-state index in [1.165, 1.54) is 19.3 Å². The van der Waals surface area contributed by atoms with Crippen molar-refractivity contribution in [1.29, 1.82) is 0 Å². The van der Waals surface area contributed by atoms with Crippen molar-refractivity contribution >= 4 is 0 Å². The fourth-order valence-corrected chi connectivity index (χ4v) is 2.46. The predicted octanol–water partition coefficient (Wildman–Crippen LogP) is 2.44. The molecule has 0 bridgehead atoms. The summed E-state index contributed by atoms with van der Waals surface area (Å²) in [6.07, 6.45) is 3.92. The van der Waals surface area contributed by atoms with E-state index >= 15 is 0 Å². The van der Waals surface area contributed by atoms with Gasteiger partial charge in [0, 0.05) is 6.61 Å². The Kier molecular flexibility index (Phi) is 2.58. The highest BCUT2D eigenvalue weighted by molar-refractivity contribution is 4.85. The van der Waals surface area contributed by atoms with Gasteiger partial charge in [-0.25, -0.2) is 0 Å². The van der Waals surface area contributed by atoms with E-state index in [0.717, 1.165) is 0 Å². The van der Waals surface area contributed by atoms with E-state index < -0.39 is 0 Å². The summed E-state index contributed by atoms with van der Waals surface area (Å²) >= 11 is 0. The van der Waals surface area contributed by atoms with Gasteiger partial charge in [0.25, 0.3) is 0 Å². The zero-order valence-corrected chi connectivity index (χ0v) is 7.93. The number of aliphatic hydroxyl groups is 1. The molecule has 1 rings (SSSR count). The fourth-order valence-electron chi connectivity index (χ4n) is 2.46. The van der Waals surface area contributed by atoms with Crippen molar-refractivity contribution in [2.24, 2.45) is 17.3 Å². The molecule has 0 aromatic rings. The van der Waals surface area contributed by atoms with Crippen molar-refractivity contribution < 1.29 is 5.11 Å². The Labute approximate surface area is 69.8 Å². The second kappa shape index (κ2) is 3.14.